The Labute approximate surface area is 271 Å². The molecular weight excluding hydrogens is 556 g/mol. The summed E-state index contributed by atoms with van der Waals surface area (Å²) in [6.45, 7) is 7.32. The molecule has 4 heteroatoms. The van der Waals surface area contributed by atoms with Crippen LogP contribution in [0.15, 0.2) is 66.7 Å². The number of fused-ring (bicyclic) bond motifs is 1. The molecule has 242 valence electrons. The zero-order chi connectivity index (χ0) is 31.9. The number of ketones is 1. The third-order valence-corrected chi connectivity index (χ3v) is 9.32. The highest BCUT2D eigenvalue weighted by Crippen LogP contribution is 2.41. The Morgan fingerprint density at radius 1 is 0.667 bits per heavy atom. The van der Waals surface area contributed by atoms with Gasteiger partial charge < -0.3 is 9.47 Å². The van der Waals surface area contributed by atoms with E-state index in [1.165, 1.54) is 77.0 Å². The van der Waals surface area contributed by atoms with Crippen molar-refractivity contribution in [3.8, 4) is 22.6 Å². The summed E-state index contributed by atoms with van der Waals surface area (Å²) < 4.78 is 11.6. The highest BCUT2D eigenvalue weighted by Gasteiger charge is 2.41. The van der Waals surface area contributed by atoms with Crippen LogP contribution in [0.4, 0.5) is 0 Å². The second-order valence-corrected chi connectivity index (χ2v) is 13.2. The van der Waals surface area contributed by atoms with Gasteiger partial charge in [-0.05, 0) is 72.4 Å². The molecule has 4 rings (SSSR count). The van der Waals surface area contributed by atoms with Crippen LogP contribution < -0.4 is 9.47 Å². The van der Waals surface area contributed by atoms with Crippen molar-refractivity contribution in [2.24, 2.45) is 5.41 Å². The van der Waals surface area contributed by atoms with Crippen LogP contribution in [-0.2, 0) is 6.42 Å². The molecule has 3 aromatic rings. The van der Waals surface area contributed by atoms with Gasteiger partial charge in [0.05, 0.1) is 12.2 Å². The molecule has 0 N–H and O–H groups in total. The van der Waals surface area contributed by atoms with Crippen LogP contribution in [0.2, 0.25) is 0 Å². The Morgan fingerprint density at radius 2 is 1.20 bits per heavy atom. The van der Waals surface area contributed by atoms with Crippen LogP contribution in [-0.4, -0.2) is 18.4 Å². The van der Waals surface area contributed by atoms with Gasteiger partial charge in [-0.3, -0.25) is 4.79 Å². The molecular formula is C41H54O4. The highest BCUT2D eigenvalue weighted by atomic mass is 16.5. The summed E-state index contributed by atoms with van der Waals surface area (Å²) in [6.07, 6.45) is 19.3. The number of benzene rings is 3. The molecule has 0 radical (unpaired) electrons. The largest absolute Gasteiger partial charge is 0.494 e. The summed E-state index contributed by atoms with van der Waals surface area (Å²) in [5.74, 6) is 1.09. The van der Waals surface area contributed by atoms with Crippen molar-refractivity contribution >= 4 is 11.8 Å². The maximum absolute atomic E-state index is 13.4. The van der Waals surface area contributed by atoms with Crippen molar-refractivity contribution in [1.82, 2.24) is 0 Å². The number of esters is 1. The zero-order valence-electron chi connectivity index (χ0n) is 28.0. The molecule has 0 aromatic heterocycles. The van der Waals surface area contributed by atoms with Gasteiger partial charge in [-0.15, -0.1) is 0 Å². The van der Waals surface area contributed by atoms with Gasteiger partial charge in [-0.25, -0.2) is 4.79 Å². The van der Waals surface area contributed by atoms with Crippen molar-refractivity contribution in [2.45, 2.75) is 124 Å². The van der Waals surface area contributed by atoms with Crippen LogP contribution >= 0.6 is 0 Å². The summed E-state index contributed by atoms with van der Waals surface area (Å²) in [6, 6.07) is 21.2. The molecule has 0 saturated carbocycles. The standard InChI is InChI=1S/C41H54O4/c1-4-6-8-10-12-13-15-17-29-44-36-24-20-32(21-25-36)33-22-26-37(27-23-33)45-40(43)34-18-19-35-31-41(3,39(42)38(35)30-34)28-16-14-11-9-7-5-2/h18-27,30H,4-17,28-29,31H2,1-3H3. The van der Waals surface area contributed by atoms with Crippen molar-refractivity contribution in [3.05, 3.63) is 83.4 Å². The molecule has 45 heavy (non-hydrogen) atoms. The lowest BCUT2D eigenvalue weighted by molar-refractivity contribution is 0.0734. The predicted molar refractivity (Wildman–Crippen MR) is 186 cm³/mol. The number of carbonyl (C=O) groups is 2. The molecule has 0 aliphatic heterocycles. The Hall–Kier alpha value is -3.40. The van der Waals surface area contributed by atoms with E-state index in [1.54, 1.807) is 12.1 Å². The van der Waals surface area contributed by atoms with Gasteiger partial charge in [0.15, 0.2) is 5.78 Å². The normalized spacial score (nSPS) is 15.7. The fourth-order valence-corrected chi connectivity index (χ4v) is 6.44. The minimum atomic E-state index is -0.444. The SMILES string of the molecule is CCCCCCCCCCOc1ccc(-c2ccc(OC(=O)c3ccc4c(c3)C(=O)C(C)(CCCCCCCC)C4)cc2)cc1. The Bertz CT molecular complexity index is 1340. The summed E-state index contributed by atoms with van der Waals surface area (Å²) >= 11 is 0. The lowest BCUT2D eigenvalue weighted by Crippen LogP contribution is -2.24. The number of carbonyl (C=O) groups excluding carboxylic acids is 2. The maximum atomic E-state index is 13.4. The average molecular weight is 611 g/mol. The van der Waals surface area contributed by atoms with E-state index in [1.807, 2.05) is 42.5 Å². The number of hydrogen-bond donors (Lipinski definition) is 0. The van der Waals surface area contributed by atoms with E-state index < -0.39 is 5.97 Å². The van der Waals surface area contributed by atoms with Gasteiger partial charge in [-0.2, -0.15) is 0 Å². The summed E-state index contributed by atoms with van der Waals surface area (Å²) in [4.78, 5) is 26.4. The minimum Gasteiger partial charge on any atom is -0.494 e. The average Bonchev–Trinajstić information content (AvgIpc) is 3.31. The molecule has 1 atom stereocenters. The van der Waals surface area contributed by atoms with Crippen molar-refractivity contribution in [1.29, 1.82) is 0 Å². The number of rotatable bonds is 20. The molecule has 1 unspecified atom stereocenters. The molecule has 0 amide bonds. The van der Waals surface area contributed by atoms with Gasteiger partial charge in [-0.1, -0.05) is 135 Å². The van der Waals surface area contributed by atoms with Gasteiger partial charge >= 0.3 is 5.97 Å². The lowest BCUT2D eigenvalue weighted by Gasteiger charge is -2.21. The highest BCUT2D eigenvalue weighted by molar-refractivity contribution is 6.06. The van der Waals surface area contributed by atoms with Gasteiger partial charge in [0, 0.05) is 11.0 Å². The van der Waals surface area contributed by atoms with Crippen LogP contribution in [0.5, 0.6) is 11.5 Å². The summed E-state index contributed by atoms with van der Waals surface area (Å²) in [5.41, 5.74) is 3.88. The van der Waals surface area contributed by atoms with E-state index in [0.29, 0.717) is 16.9 Å². The zero-order valence-corrected chi connectivity index (χ0v) is 28.0. The van der Waals surface area contributed by atoms with Crippen LogP contribution in [0.1, 0.15) is 143 Å². The van der Waals surface area contributed by atoms with E-state index >= 15 is 0 Å². The third-order valence-electron chi connectivity index (χ3n) is 9.32. The second-order valence-electron chi connectivity index (χ2n) is 13.2. The van der Waals surface area contributed by atoms with Crippen molar-refractivity contribution in [2.75, 3.05) is 6.61 Å². The Kier molecular flexibility index (Phi) is 13.7. The number of unbranched alkanes of at least 4 members (excludes halogenated alkanes) is 12. The van der Waals surface area contributed by atoms with Gasteiger partial charge in [0.1, 0.15) is 11.5 Å². The molecule has 0 heterocycles. The van der Waals surface area contributed by atoms with E-state index in [-0.39, 0.29) is 11.2 Å². The third kappa shape index (κ3) is 10.3. The molecule has 0 saturated heterocycles. The van der Waals surface area contributed by atoms with Gasteiger partial charge in [0.2, 0.25) is 0 Å². The topological polar surface area (TPSA) is 52.6 Å². The van der Waals surface area contributed by atoms with E-state index in [9.17, 15) is 9.59 Å². The first-order valence-electron chi connectivity index (χ1n) is 17.7. The van der Waals surface area contributed by atoms with Crippen LogP contribution in [0, 0.1) is 5.41 Å². The molecule has 4 nitrogen and oxygen atoms in total. The van der Waals surface area contributed by atoms with Crippen LogP contribution in [0.3, 0.4) is 0 Å². The first kappa shape index (κ1) is 34.5. The first-order chi connectivity index (χ1) is 21.9. The number of Topliss-reactive ketones (excluding diaryl/α,β-unsaturated/α-hetero) is 1. The second kappa shape index (κ2) is 17.9. The number of ether oxygens (including phenoxy) is 2. The molecule has 1 aliphatic carbocycles. The van der Waals surface area contributed by atoms with Crippen LogP contribution in [0.25, 0.3) is 11.1 Å². The van der Waals surface area contributed by atoms with Gasteiger partial charge in [0.25, 0.3) is 0 Å². The fourth-order valence-electron chi connectivity index (χ4n) is 6.44. The van der Waals surface area contributed by atoms with Crippen molar-refractivity contribution in [3.63, 3.8) is 0 Å². The molecule has 3 aromatic carbocycles. The quantitative estimate of drug-likeness (QED) is 0.0725. The van der Waals surface area contributed by atoms with Crippen molar-refractivity contribution < 1.29 is 19.1 Å². The summed E-state index contributed by atoms with van der Waals surface area (Å²) in [7, 11) is 0. The monoisotopic (exact) mass is 610 g/mol. The minimum absolute atomic E-state index is 0.162. The first-order valence-corrected chi connectivity index (χ1v) is 17.7. The van der Waals surface area contributed by atoms with E-state index in [2.05, 4.69) is 32.9 Å². The lowest BCUT2D eigenvalue weighted by atomic mass is 9.81. The maximum Gasteiger partial charge on any atom is 0.343 e. The van der Waals surface area contributed by atoms with E-state index in [0.717, 1.165) is 54.7 Å². The Balaban J connectivity index is 1.23. The fraction of sp³-hybridized carbons (Fsp3) is 0.512. The molecule has 0 fully saturated rings. The predicted octanol–water partition coefficient (Wildman–Crippen LogP) is 11.6. The van der Waals surface area contributed by atoms with E-state index in [4.69, 9.17) is 9.47 Å². The summed E-state index contributed by atoms with van der Waals surface area (Å²) in [5, 5.41) is 0. The number of hydrogen-bond acceptors (Lipinski definition) is 4. The molecule has 0 bridgehead atoms. The smallest absolute Gasteiger partial charge is 0.343 e. The Morgan fingerprint density at radius 3 is 1.80 bits per heavy atom. The molecule has 1 aliphatic rings. The molecule has 0 spiro atoms.